The number of alkyl halides is 1. The number of benzene rings is 1. The molecule has 224 valence electrons. The summed E-state index contributed by atoms with van der Waals surface area (Å²) in [5, 5.41) is 22.2. The molecule has 14 nitrogen and oxygen atoms in total. The Kier molecular flexibility index (Phi) is 8.85. The zero-order valence-corrected chi connectivity index (χ0v) is 23.7. The summed E-state index contributed by atoms with van der Waals surface area (Å²) in [6.45, 7) is 4.77. The maximum absolute atomic E-state index is 14.4. The number of nitrogens with zero attached hydrogens (tertiary/aromatic N) is 3. The first kappa shape index (κ1) is 30.6. The smallest absolute Gasteiger partial charge is 0.380 e. The normalized spacial score (nSPS) is 25.6. The van der Waals surface area contributed by atoms with Crippen molar-refractivity contribution in [2.75, 3.05) is 18.6 Å². The molecule has 3 heterocycles. The lowest BCUT2D eigenvalue weighted by Crippen LogP contribution is -2.50. The quantitative estimate of drug-likeness (QED) is 0.185. The minimum Gasteiger partial charge on any atom is -0.463 e. The number of nitrogens with two attached hydrogens (primary N) is 1. The molecule has 3 aromatic rings. The Balaban J connectivity index is 1.63. The topological polar surface area (TPSA) is 201 Å². The number of imidazole rings is 1. The van der Waals surface area contributed by atoms with Crippen LogP contribution in [-0.4, -0.2) is 78.6 Å². The number of carbonyl (C=O) groups is 1. The maximum atomic E-state index is 14.4. The summed E-state index contributed by atoms with van der Waals surface area (Å²) in [7, 11) is -4.17. The molecule has 0 spiro atoms. The van der Waals surface area contributed by atoms with Crippen LogP contribution in [0.25, 0.3) is 11.2 Å². The summed E-state index contributed by atoms with van der Waals surface area (Å²) in [6.07, 6.45) is -5.98. The van der Waals surface area contributed by atoms with Crippen molar-refractivity contribution < 1.29 is 42.5 Å². The Hall–Kier alpha value is -3.36. The molecule has 5 N–H and O–H groups in total. The van der Waals surface area contributed by atoms with E-state index in [0.717, 1.165) is 10.9 Å². The lowest BCUT2D eigenvalue weighted by Gasteiger charge is -2.30. The average molecular weight is 598 g/mol. The Bertz CT molecular complexity index is 1490. The molecule has 0 aliphatic carbocycles. The van der Waals surface area contributed by atoms with Crippen LogP contribution >= 0.6 is 7.60 Å². The number of para-hydroxylation sites is 1. The highest BCUT2D eigenvalue weighted by molar-refractivity contribution is 7.54. The van der Waals surface area contributed by atoms with Gasteiger partial charge in [-0.25, -0.2) is 13.9 Å². The van der Waals surface area contributed by atoms with Crippen LogP contribution in [-0.2, 0) is 23.4 Å². The summed E-state index contributed by atoms with van der Waals surface area (Å²) in [5.74, 6) is -1.59. The van der Waals surface area contributed by atoms with Gasteiger partial charge in [-0.3, -0.25) is 23.7 Å². The third-order valence-corrected chi connectivity index (χ3v) is 8.62. The molecule has 1 saturated heterocycles. The van der Waals surface area contributed by atoms with Crippen molar-refractivity contribution in [3.63, 3.8) is 0 Å². The van der Waals surface area contributed by atoms with Gasteiger partial charge in [-0.2, -0.15) is 4.98 Å². The van der Waals surface area contributed by atoms with Crippen LogP contribution in [0.1, 0.15) is 33.9 Å². The summed E-state index contributed by atoms with van der Waals surface area (Å²) in [5.41, 5.74) is 2.14. The second-order valence-electron chi connectivity index (χ2n) is 10.2. The van der Waals surface area contributed by atoms with Gasteiger partial charge in [0.15, 0.2) is 23.0 Å². The summed E-state index contributed by atoms with van der Waals surface area (Å²) in [6, 6.07) is 8.11. The van der Waals surface area contributed by atoms with Gasteiger partial charge in [0.1, 0.15) is 24.6 Å². The van der Waals surface area contributed by atoms with E-state index >= 15 is 0 Å². The highest BCUT2D eigenvalue weighted by atomic mass is 31.2. The maximum Gasteiger partial charge on any atom is 0.380 e. The number of rotatable bonds is 11. The van der Waals surface area contributed by atoms with Gasteiger partial charge in [0.2, 0.25) is 5.95 Å². The number of carbonyl (C=O) groups excluding carboxylic acids is 1. The van der Waals surface area contributed by atoms with E-state index in [1.165, 1.54) is 13.8 Å². The van der Waals surface area contributed by atoms with E-state index in [1.54, 1.807) is 44.2 Å². The number of H-pyrrole nitrogens is 1. The van der Waals surface area contributed by atoms with Crippen molar-refractivity contribution in [2.24, 2.45) is 5.92 Å². The minimum absolute atomic E-state index is 0.125. The van der Waals surface area contributed by atoms with Gasteiger partial charge in [-0.1, -0.05) is 25.1 Å². The monoisotopic (exact) mass is 597 g/mol. The van der Waals surface area contributed by atoms with Gasteiger partial charge < -0.3 is 29.9 Å². The van der Waals surface area contributed by atoms with Crippen LogP contribution in [0.2, 0.25) is 0 Å². The van der Waals surface area contributed by atoms with E-state index < -0.39 is 74.1 Å². The zero-order chi connectivity index (χ0) is 30.1. The molecule has 41 heavy (non-hydrogen) atoms. The SMILES string of the molecule is CC(C)OC(=O)[C@H](C)C[P@@](=O)(Oc1ccccc1)O[C@H](C)[C@H]1O[C@@H](n2cnc3c(=O)[nH]c(N)nc32)C(O)(CF)[C@H]1O. The molecule has 1 aromatic carbocycles. The molecular weight excluding hydrogens is 564 g/mol. The third kappa shape index (κ3) is 6.28. The second-order valence-corrected chi connectivity index (χ2v) is 12.2. The van der Waals surface area contributed by atoms with Gasteiger partial charge in [0.05, 0.1) is 30.6 Å². The fraction of sp³-hybridized carbons (Fsp3) is 0.520. The van der Waals surface area contributed by atoms with Crippen LogP contribution in [0.3, 0.4) is 0 Å². The number of ether oxygens (including phenoxy) is 2. The first-order chi connectivity index (χ1) is 19.3. The fourth-order valence-electron chi connectivity index (χ4n) is 4.52. The molecule has 0 amide bonds. The van der Waals surface area contributed by atoms with E-state index in [1.807, 2.05) is 0 Å². The Morgan fingerprint density at radius 2 is 1.98 bits per heavy atom. The molecule has 0 bridgehead atoms. The van der Waals surface area contributed by atoms with E-state index in [9.17, 15) is 28.8 Å². The number of hydrogen-bond acceptors (Lipinski definition) is 12. The number of aromatic nitrogens is 4. The third-order valence-electron chi connectivity index (χ3n) is 6.48. The van der Waals surface area contributed by atoms with Gasteiger partial charge in [0, 0.05) is 0 Å². The van der Waals surface area contributed by atoms with Crippen LogP contribution < -0.4 is 15.8 Å². The van der Waals surface area contributed by atoms with Crippen molar-refractivity contribution in [3.05, 3.63) is 47.0 Å². The van der Waals surface area contributed by atoms with E-state index in [-0.39, 0.29) is 22.9 Å². The van der Waals surface area contributed by atoms with Gasteiger partial charge >= 0.3 is 13.6 Å². The van der Waals surface area contributed by atoms with Crippen LogP contribution in [0, 0.1) is 5.92 Å². The number of hydrogen-bond donors (Lipinski definition) is 4. The number of anilines is 1. The summed E-state index contributed by atoms with van der Waals surface area (Å²) >= 11 is 0. The number of nitrogens with one attached hydrogen (secondary N) is 1. The van der Waals surface area contributed by atoms with Crippen molar-refractivity contribution in [1.29, 1.82) is 0 Å². The highest BCUT2D eigenvalue weighted by Gasteiger charge is 2.59. The van der Waals surface area contributed by atoms with E-state index in [2.05, 4.69) is 15.0 Å². The van der Waals surface area contributed by atoms with E-state index in [4.69, 9.17) is 24.3 Å². The number of nitrogen functional groups attached to an aromatic ring is 1. The fourth-order valence-corrected chi connectivity index (χ4v) is 6.61. The minimum atomic E-state index is -4.17. The molecule has 0 radical (unpaired) electrons. The van der Waals surface area contributed by atoms with Crippen molar-refractivity contribution in [3.8, 4) is 5.75 Å². The molecular formula is C25H33FN5O9P. The van der Waals surface area contributed by atoms with Crippen molar-refractivity contribution >= 4 is 30.7 Å². The van der Waals surface area contributed by atoms with Crippen molar-refractivity contribution in [1.82, 2.24) is 19.5 Å². The zero-order valence-electron chi connectivity index (χ0n) is 22.8. The summed E-state index contributed by atoms with van der Waals surface area (Å²) in [4.78, 5) is 34.9. The van der Waals surface area contributed by atoms with Gasteiger partial charge in [0.25, 0.3) is 5.56 Å². The molecule has 1 fully saturated rings. The number of aromatic amines is 1. The molecule has 16 heteroatoms. The molecule has 0 saturated carbocycles. The highest BCUT2D eigenvalue weighted by Crippen LogP contribution is 2.53. The first-order valence-corrected chi connectivity index (χ1v) is 14.6. The van der Waals surface area contributed by atoms with Crippen LogP contribution in [0.5, 0.6) is 5.75 Å². The number of esters is 1. The second kappa shape index (κ2) is 11.9. The van der Waals surface area contributed by atoms with Crippen LogP contribution in [0.4, 0.5) is 10.3 Å². The Morgan fingerprint density at radius 3 is 2.61 bits per heavy atom. The summed E-state index contributed by atoms with van der Waals surface area (Å²) < 4.78 is 52.1. The predicted octanol–water partition coefficient (Wildman–Crippen LogP) is 1.93. The molecule has 1 aliphatic rings. The van der Waals surface area contributed by atoms with Crippen molar-refractivity contribution in [2.45, 2.75) is 63.9 Å². The number of aliphatic hydroxyl groups is 2. The Morgan fingerprint density at radius 1 is 1.29 bits per heavy atom. The number of fused-ring (bicyclic) bond motifs is 1. The molecule has 2 aromatic heterocycles. The Labute approximate surface area is 234 Å². The van der Waals surface area contributed by atoms with E-state index in [0.29, 0.717) is 0 Å². The number of aliphatic hydroxyl groups excluding tert-OH is 1. The van der Waals surface area contributed by atoms with Crippen LogP contribution in [0.15, 0.2) is 41.5 Å². The molecule has 1 unspecified atom stereocenters. The standard InChI is InChI=1S/C25H33FN5O9P/c1-13(2)37-22(34)14(3)10-41(36,40-16-8-6-5-7-9-16)39-15(4)18-19(32)25(35,11-26)23(38-18)31-12-28-17-20(31)29-24(27)30-21(17)33/h5-9,12-15,18-19,23,32,35H,10-11H2,1-4H3,(H3,27,29,30,33)/t14-,15-,18-,19+,23-,25?,41+/m1/s1. The lowest BCUT2D eigenvalue weighted by molar-refractivity contribution is -0.151. The van der Waals surface area contributed by atoms with Gasteiger partial charge in [-0.15, -0.1) is 0 Å². The molecule has 7 atom stereocenters. The number of halogens is 1. The molecule has 4 rings (SSSR count). The predicted molar refractivity (Wildman–Crippen MR) is 144 cm³/mol. The first-order valence-electron chi connectivity index (χ1n) is 12.8. The van der Waals surface area contributed by atoms with Gasteiger partial charge in [-0.05, 0) is 32.9 Å². The largest absolute Gasteiger partial charge is 0.463 e. The molecule has 1 aliphatic heterocycles. The average Bonchev–Trinajstić information content (AvgIpc) is 3.42. The lowest BCUT2D eigenvalue weighted by atomic mass is 9.93.